The summed E-state index contributed by atoms with van der Waals surface area (Å²) in [5, 5.41) is 3.53. The number of carbonyl (C=O) groups excluding carboxylic acids is 1. The van der Waals surface area contributed by atoms with Gasteiger partial charge in [-0.15, -0.1) is 0 Å². The Morgan fingerprint density at radius 3 is 2.22 bits per heavy atom. The van der Waals surface area contributed by atoms with Gasteiger partial charge in [-0.25, -0.2) is 4.79 Å². The third-order valence-corrected chi connectivity index (χ3v) is 4.91. The van der Waals surface area contributed by atoms with Gasteiger partial charge in [0, 0.05) is 25.3 Å². The van der Waals surface area contributed by atoms with Crippen molar-refractivity contribution in [3.8, 4) is 0 Å². The third-order valence-electron chi connectivity index (χ3n) is 4.91. The number of hydrogen-bond donors (Lipinski definition) is 1. The summed E-state index contributed by atoms with van der Waals surface area (Å²) < 4.78 is 5.60. The first kappa shape index (κ1) is 19.3. The Balaban J connectivity index is 1.67. The number of ether oxygens (including phenoxy) is 1. The van der Waals surface area contributed by atoms with E-state index in [-0.39, 0.29) is 6.09 Å². The van der Waals surface area contributed by atoms with Gasteiger partial charge in [-0.3, -0.25) is 0 Å². The summed E-state index contributed by atoms with van der Waals surface area (Å²) in [5.74, 6) is 0.800. The van der Waals surface area contributed by atoms with E-state index in [0.717, 1.165) is 31.7 Å². The highest BCUT2D eigenvalue weighted by molar-refractivity contribution is 5.68. The summed E-state index contributed by atoms with van der Waals surface area (Å²) in [6.07, 6.45) is 0.768. The molecule has 0 aliphatic carbocycles. The molecule has 3 rings (SSSR count). The summed E-state index contributed by atoms with van der Waals surface area (Å²) in [6.45, 7) is 8.06. The van der Waals surface area contributed by atoms with Crippen molar-refractivity contribution in [2.45, 2.75) is 32.8 Å². The van der Waals surface area contributed by atoms with Crippen LogP contribution in [0.5, 0.6) is 0 Å². The number of nitrogens with zero attached hydrogens (tertiary/aromatic N) is 1. The van der Waals surface area contributed by atoms with E-state index in [1.165, 1.54) is 5.56 Å². The highest BCUT2D eigenvalue weighted by Gasteiger charge is 2.36. The van der Waals surface area contributed by atoms with Gasteiger partial charge in [0.2, 0.25) is 0 Å². The zero-order valence-electron chi connectivity index (χ0n) is 16.5. The van der Waals surface area contributed by atoms with Crippen LogP contribution in [0.4, 0.5) is 10.5 Å². The summed E-state index contributed by atoms with van der Waals surface area (Å²) in [6, 6.07) is 20.8. The number of carbonyl (C=O) groups is 1. The summed E-state index contributed by atoms with van der Waals surface area (Å²) in [4.78, 5) is 14.4. The zero-order valence-corrected chi connectivity index (χ0v) is 16.5. The van der Waals surface area contributed by atoms with Crippen molar-refractivity contribution in [2.24, 2.45) is 11.8 Å². The highest BCUT2D eigenvalue weighted by Crippen LogP contribution is 2.28. The lowest BCUT2D eigenvalue weighted by Crippen LogP contribution is -2.35. The predicted molar refractivity (Wildman–Crippen MR) is 110 cm³/mol. The number of benzene rings is 2. The normalized spacial score (nSPS) is 19.7. The molecule has 4 heteroatoms. The van der Waals surface area contributed by atoms with E-state index < -0.39 is 5.60 Å². The van der Waals surface area contributed by atoms with Gasteiger partial charge in [-0.1, -0.05) is 48.5 Å². The average Bonchev–Trinajstić information content (AvgIpc) is 3.03. The van der Waals surface area contributed by atoms with Gasteiger partial charge < -0.3 is 15.0 Å². The van der Waals surface area contributed by atoms with E-state index in [1.54, 1.807) is 0 Å². The molecular weight excluding hydrogens is 336 g/mol. The maximum absolute atomic E-state index is 12.6. The number of rotatable bonds is 5. The topological polar surface area (TPSA) is 41.6 Å². The Morgan fingerprint density at radius 2 is 1.59 bits per heavy atom. The molecule has 2 unspecified atom stereocenters. The number of amides is 1. The van der Waals surface area contributed by atoms with E-state index in [9.17, 15) is 4.79 Å². The molecular formula is C23H30N2O2. The van der Waals surface area contributed by atoms with Gasteiger partial charge in [0.05, 0.1) is 0 Å². The number of nitrogens with one attached hydrogen (secondary N) is 1. The van der Waals surface area contributed by atoms with Gasteiger partial charge in [-0.05, 0) is 56.7 Å². The van der Waals surface area contributed by atoms with E-state index in [0.29, 0.717) is 11.8 Å². The van der Waals surface area contributed by atoms with Gasteiger partial charge in [-0.2, -0.15) is 0 Å². The standard InChI is InChI=1S/C23H30N2O2/c1-23(2,3)27-22(26)25-16-19(14-18-10-6-4-7-11-18)20(17-25)15-24-21-12-8-5-9-13-21/h4-13,19-20,24H,14-17H2,1-3H3. The first-order valence-corrected chi connectivity index (χ1v) is 9.71. The smallest absolute Gasteiger partial charge is 0.410 e. The lowest BCUT2D eigenvalue weighted by atomic mass is 9.89. The molecule has 27 heavy (non-hydrogen) atoms. The second-order valence-electron chi connectivity index (χ2n) is 8.34. The molecule has 0 saturated carbocycles. The molecule has 1 aliphatic rings. The molecule has 4 nitrogen and oxygen atoms in total. The minimum atomic E-state index is -0.466. The van der Waals surface area contributed by atoms with Crippen molar-refractivity contribution in [3.63, 3.8) is 0 Å². The van der Waals surface area contributed by atoms with Crippen molar-refractivity contribution in [3.05, 3.63) is 66.2 Å². The molecule has 2 aromatic rings. The molecule has 2 aromatic carbocycles. The summed E-state index contributed by atoms with van der Waals surface area (Å²) in [7, 11) is 0. The molecule has 0 spiro atoms. The van der Waals surface area contributed by atoms with Crippen LogP contribution in [-0.2, 0) is 11.2 Å². The molecule has 1 saturated heterocycles. The van der Waals surface area contributed by atoms with Crippen LogP contribution in [0.15, 0.2) is 60.7 Å². The number of para-hydroxylation sites is 1. The Bertz CT molecular complexity index is 725. The van der Waals surface area contributed by atoms with Crippen molar-refractivity contribution in [1.82, 2.24) is 4.90 Å². The summed E-state index contributed by atoms with van der Waals surface area (Å²) in [5.41, 5.74) is 1.97. The van der Waals surface area contributed by atoms with Crippen LogP contribution in [-0.4, -0.2) is 36.2 Å². The Labute approximate surface area is 162 Å². The molecule has 144 valence electrons. The lowest BCUT2D eigenvalue weighted by Gasteiger charge is -2.24. The quantitative estimate of drug-likeness (QED) is 0.824. The largest absolute Gasteiger partial charge is 0.444 e. The van der Waals surface area contributed by atoms with Crippen molar-refractivity contribution < 1.29 is 9.53 Å². The van der Waals surface area contributed by atoms with E-state index >= 15 is 0 Å². The van der Waals surface area contributed by atoms with Gasteiger partial charge >= 0.3 is 6.09 Å². The highest BCUT2D eigenvalue weighted by atomic mass is 16.6. The fourth-order valence-corrected chi connectivity index (χ4v) is 3.60. The van der Waals surface area contributed by atoms with Crippen molar-refractivity contribution in [2.75, 3.05) is 25.0 Å². The molecule has 1 aliphatic heterocycles. The number of likely N-dealkylation sites (tertiary alicyclic amines) is 1. The fourth-order valence-electron chi connectivity index (χ4n) is 3.60. The maximum atomic E-state index is 12.6. The predicted octanol–water partition coefficient (Wildman–Crippen LogP) is 4.82. The van der Waals surface area contributed by atoms with Crippen molar-refractivity contribution >= 4 is 11.8 Å². The van der Waals surface area contributed by atoms with Crippen LogP contribution >= 0.6 is 0 Å². The zero-order chi connectivity index (χ0) is 19.3. The fraction of sp³-hybridized carbons (Fsp3) is 0.435. The van der Waals surface area contributed by atoms with Gasteiger partial charge in [0.1, 0.15) is 5.60 Å². The average molecular weight is 367 g/mol. The Morgan fingerprint density at radius 1 is 1.00 bits per heavy atom. The van der Waals surface area contributed by atoms with Crippen LogP contribution in [0.2, 0.25) is 0 Å². The number of hydrogen-bond acceptors (Lipinski definition) is 3. The lowest BCUT2D eigenvalue weighted by molar-refractivity contribution is 0.0284. The third kappa shape index (κ3) is 5.75. The molecule has 1 N–H and O–H groups in total. The van der Waals surface area contributed by atoms with Crippen LogP contribution in [0, 0.1) is 11.8 Å². The Hall–Kier alpha value is -2.49. The van der Waals surface area contributed by atoms with Gasteiger partial charge in [0.15, 0.2) is 0 Å². The van der Waals surface area contributed by atoms with Crippen LogP contribution in [0.1, 0.15) is 26.3 Å². The van der Waals surface area contributed by atoms with Crippen LogP contribution in [0.3, 0.4) is 0 Å². The Kier molecular flexibility index (Phi) is 6.04. The minimum absolute atomic E-state index is 0.206. The van der Waals surface area contributed by atoms with Crippen LogP contribution < -0.4 is 5.32 Å². The van der Waals surface area contributed by atoms with E-state index in [1.807, 2.05) is 49.9 Å². The molecule has 0 bridgehead atoms. The summed E-state index contributed by atoms with van der Waals surface area (Å²) >= 11 is 0. The minimum Gasteiger partial charge on any atom is -0.444 e. The van der Waals surface area contributed by atoms with E-state index in [4.69, 9.17) is 4.74 Å². The van der Waals surface area contributed by atoms with Crippen LogP contribution in [0.25, 0.3) is 0 Å². The molecule has 2 atom stereocenters. The first-order chi connectivity index (χ1) is 12.9. The molecule has 0 aromatic heterocycles. The molecule has 1 fully saturated rings. The maximum Gasteiger partial charge on any atom is 0.410 e. The molecule has 1 amide bonds. The van der Waals surface area contributed by atoms with Crippen molar-refractivity contribution in [1.29, 1.82) is 0 Å². The first-order valence-electron chi connectivity index (χ1n) is 9.71. The monoisotopic (exact) mass is 366 g/mol. The molecule has 0 radical (unpaired) electrons. The second-order valence-corrected chi connectivity index (χ2v) is 8.34. The van der Waals surface area contributed by atoms with Gasteiger partial charge in [0.25, 0.3) is 0 Å². The van der Waals surface area contributed by atoms with E-state index in [2.05, 4.69) is 41.7 Å². The second kappa shape index (κ2) is 8.47. The number of anilines is 1. The molecule has 1 heterocycles. The SMILES string of the molecule is CC(C)(C)OC(=O)N1CC(CNc2ccccc2)C(Cc2ccccc2)C1.